The first-order valence-electron chi connectivity index (χ1n) is 9.20. The summed E-state index contributed by atoms with van der Waals surface area (Å²) in [4.78, 5) is 33.5. The van der Waals surface area contributed by atoms with Gasteiger partial charge in [0.2, 0.25) is 5.91 Å². The number of aromatic nitrogens is 2. The van der Waals surface area contributed by atoms with Crippen molar-refractivity contribution in [2.24, 2.45) is 0 Å². The van der Waals surface area contributed by atoms with E-state index in [0.717, 1.165) is 41.5 Å². The number of aromatic amines is 1. The highest BCUT2D eigenvalue weighted by Crippen LogP contribution is 2.24. The number of H-pyrrole nitrogens is 1. The Kier molecular flexibility index (Phi) is 4.62. The highest BCUT2D eigenvalue weighted by Gasteiger charge is 2.25. The maximum atomic E-state index is 13.0. The highest BCUT2D eigenvalue weighted by molar-refractivity contribution is 5.96. The summed E-state index contributed by atoms with van der Waals surface area (Å²) in [5.41, 5.74) is 4.59. The molecule has 0 unspecified atom stereocenters. The van der Waals surface area contributed by atoms with E-state index >= 15 is 0 Å². The molecule has 3 aromatic rings. The van der Waals surface area contributed by atoms with Crippen molar-refractivity contribution >= 4 is 22.8 Å². The van der Waals surface area contributed by atoms with Gasteiger partial charge in [-0.15, -0.1) is 0 Å². The third kappa shape index (κ3) is 3.69. The second kappa shape index (κ2) is 7.23. The molecule has 27 heavy (non-hydrogen) atoms. The molecule has 2 N–H and O–H groups in total. The van der Waals surface area contributed by atoms with Crippen LogP contribution in [0.5, 0.6) is 0 Å². The van der Waals surface area contributed by atoms with Crippen molar-refractivity contribution in [2.45, 2.75) is 25.8 Å². The van der Waals surface area contributed by atoms with Gasteiger partial charge in [0, 0.05) is 31.6 Å². The molecule has 1 aliphatic rings. The molecule has 2 amide bonds. The van der Waals surface area contributed by atoms with E-state index in [4.69, 9.17) is 0 Å². The Balaban J connectivity index is 1.56. The molecule has 4 rings (SSSR count). The van der Waals surface area contributed by atoms with Crippen LogP contribution in [0.4, 0.5) is 0 Å². The van der Waals surface area contributed by atoms with Crippen LogP contribution in [-0.4, -0.2) is 45.8 Å². The van der Waals surface area contributed by atoms with Crippen LogP contribution >= 0.6 is 0 Å². The highest BCUT2D eigenvalue weighted by atomic mass is 16.2. The second-order valence-electron chi connectivity index (χ2n) is 7.01. The molecular weight excluding hydrogens is 340 g/mol. The number of carbonyl (C=O) groups excluding carboxylic acids is 2. The normalized spacial score (nSPS) is 17.1. The number of hydrogen-bond acceptors (Lipinski definition) is 3. The van der Waals surface area contributed by atoms with E-state index in [1.807, 2.05) is 47.4 Å². The van der Waals surface area contributed by atoms with Crippen LogP contribution in [0.25, 0.3) is 22.2 Å². The van der Waals surface area contributed by atoms with Crippen LogP contribution in [0.15, 0.2) is 48.8 Å². The first-order chi connectivity index (χ1) is 13.1. The third-order valence-corrected chi connectivity index (χ3v) is 4.98. The zero-order valence-corrected chi connectivity index (χ0v) is 15.2. The standard InChI is InChI=1S/C21H22N4O2/c1-14(26)24-18-6-3-9-25(12-18)21(27)17-5-2-4-15(10-17)16-7-8-19-20(11-16)23-13-22-19/h2,4-5,7-8,10-11,13,18H,3,6,9,12H2,1H3,(H,22,23)(H,24,26)/t18-/m0/s1. The first kappa shape index (κ1) is 17.3. The molecule has 2 aromatic carbocycles. The lowest BCUT2D eigenvalue weighted by atomic mass is 10.0. The van der Waals surface area contributed by atoms with Crippen LogP contribution in [0, 0.1) is 0 Å². The molecular formula is C21H22N4O2. The summed E-state index contributed by atoms with van der Waals surface area (Å²) in [5, 5.41) is 2.93. The molecule has 0 radical (unpaired) electrons. The first-order valence-corrected chi connectivity index (χ1v) is 9.20. The van der Waals surface area contributed by atoms with Gasteiger partial charge in [0.15, 0.2) is 0 Å². The molecule has 6 nitrogen and oxygen atoms in total. The third-order valence-electron chi connectivity index (χ3n) is 4.98. The Labute approximate surface area is 157 Å². The predicted octanol–water partition coefficient (Wildman–Crippen LogP) is 2.97. The molecule has 1 aromatic heterocycles. The van der Waals surface area contributed by atoms with Crippen molar-refractivity contribution in [3.05, 3.63) is 54.4 Å². The van der Waals surface area contributed by atoms with Crippen molar-refractivity contribution in [3.8, 4) is 11.1 Å². The SMILES string of the molecule is CC(=O)N[C@H]1CCCN(C(=O)c2cccc(-c3ccc4nc[nH]c4c3)c2)C1. The smallest absolute Gasteiger partial charge is 0.253 e. The lowest BCUT2D eigenvalue weighted by Gasteiger charge is -2.33. The zero-order valence-electron chi connectivity index (χ0n) is 15.2. The van der Waals surface area contributed by atoms with Crippen LogP contribution in [0.1, 0.15) is 30.1 Å². The number of likely N-dealkylation sites (tertiary alicyclic amines) is 1. The summed E-state index contributed by atoms with van der Waals surface area (Å²) in [6, 6.07) is 13.8. The number of benzene rings is 2. The van der Waals surface area contributed by atoms with Gasteiger partial charge in [-0.1, -0.05) is 18.2 Å². The van der Waals surface area contributed by atoms with Gasteiger partial charge >= 0.3 is 0 Å². The maximum Gasteiger partial charge on any atom is 0.253 e. The number of nitrogens with zero attached hydrogens (tertiary/aromatic N) is 2. The fourth-order valence-electron chi connectivity index (χ4n) is 3.70. The quantitative estimate of drug-likeness (QED) is 0.752. The van der Waals surface area contributed by atoms with Crippen molar-refractivity contribution in [1.29, 1.82) is 0 Å². The van der Waals surface area contributed by atoms with Crippen LogP contribution in [-0.2, 0) is 4.79 Å². The number of rotatable bonds is 3. The summed E-state index contributed by atoms with van der Waals surface area (Å²) in [7, 11) is 0. The van der Waals surface area contributed by atoms with Crippen LogP contribution in [0.3, 0.4) is 0 Å². The van der Waals surface area contributed by atoms with E-state index < -0.39 is 0 Å². The number of imidazole rings is 1. The van der Waals surface area contributed by atoms with Gasteiger partial charge < -0.3 is 15.2 Å². The van der Waals surface area contributed by atoms with E-state index in [0.29, 0.717) is 12.1 Å². The van der Waals surface area contributed by atoms with Crippen molar-refractivity contribution < 1.29 is 9.59 Å². The zero-order chi connectivity index (χ0) is 18.8. The van der Waals surface area contributed by atoms with E-state index in [9.17, 15) is 9.59 Å². The molecule has 0 spiro atoms. The minimum atomic E-state index is -0.0505. The Morgan fingerprint density at radius 2 is 2.04 bits per heavy atom. The molecule has 1 saturated heterocycles. The largest absolute Gasteiger partial charge is 0.352 e. The van der Waals surface area contributed by atoms with Crippen molar-refractivity contribution in [3.63, 3.8) is 0 Å². The fourth-order valence-corrected chi connectivity index (χ4v) is 3.70. The van der Waals surface area contributed by atoms with Gasteiger partial charge in [-0.25, -0.2) is 4.98 Å². The van der Waals surface area contributed by atoms with E-state index in [1.165, 1.54) is 6.92 Å². The molecule has 6 heteroatoms. The van der Waals surface area contributed by atoms with Gasteiger partial charge in [0.1, 0.15) is 0 Å². The van der Waals surface area contributed by atoms with E-state index in [-0.39, 0.29) is 17.9 Å². The molecule has 1 fully saturated rings. The van der Waals surface area contributed by atoms with Gasteiger partial charge in [0.25, 0.3) is 5.91 Å². The summed E-state index contributed by atoms with van der Waals surface area (Å²) >= 11 is 0. The topological polar surface area (TPSA) is 78.1 Å². The van der Waals surface area contributed by atoms with Gasteiger partial charge in [0.05, 0.1) is 17.4 Å². The number of amides is 2. The van der Waals surface area contributed by atoms with E-state index in [2.05, 4.69) is 15.3 Å². The number of piperidine rings is 1. The molecule has 0 aliphatic carbocycles. The molecule has 0 bridgehead atoms. The average molecular weight is 362 g/mol. The molecule has 1 aliphatic heterocycles. The van der Waals surface area contributed by atoms with Crippen LogP contribution < -0.4 is 5.32 Å². The van der Waals surface area contributed by atoms with Gasteiger partial charge in [-0.05, 0) is 48.2 Å². The number of hydrogen-bond donors (Lipinski definition) is 2. The van der Waals surface area contributed by atoms with Gasteiger partial charge in [-0.3, -0.25) is 9.59 Å². The minimum absolute atomic E-state index is 0.00882. The minimum Gasteiger partial charge on any atom is -0.352 e. The lowest BCUT2D eigenvalue weighted by molar-refractivity contribution is -0.120. The molecule has 2 heterocycles. The molecule has 138 valence electrons. The van der Waals surface area contributed by atoms with Crippen molar-refractivity contribution in [1.82, 2.24) is 20.2 Å². The van der Waals surface area contributed by atoms with Gasteiger partial charge in [-0.2, -0.15) is 0 Å². The average Bonchev–Trinajstić information content (AvgIpc) is 3.15. The van der Waals surface area contributed by atoms with E-state index in [1.54, 1.807) is 6.33 Å². The Hall–Kier alpha value is -3.15. The number of nitrogens with one attached hydrogen (secondary N) is 2. The lowest BCUT2D eigenvalue weighted by Crippen LogP contribution is -2.49. The van der Waals surface area contributed by atoms with Crippen LogP contribution in [0.2, 0.25) is 0 Å². The van der Waals surface area contributed by atoms with Crippen molar-refractivity contribution in [2.75, 3.05) is 13.1 Å². The number of carbonyl (C=O) groups is 2. The fraction of sp³-hybridized carbons (Fsp3) is 0.286. The monoisotopic (exact) mass is 362 g/mol. The Morgan fingerprint density at radius 1 is 1.19 bits per heavy atom. The molecule has 1 atom stereocenters. The summed E-state index contributed by atoms with van der Waals surface area (Å²) in [5.74, 6) is -0.0417. The predicted molar refractivity (Wildman–Crippen MR) is 104 cm³/mol. The second-order valence-corrected chi connectivity index (χ2v) is 7.01. The maximum absolute atomic E-state index is 13.0. The summed E-state index contributed by atoms with van der Waals surface area (Å²) in [6.07, 6.45) is 3.48. The Bertz CT molecular complexity index is 995. The number of fused-ring (bicyclic) bond motifs is 1. The summed E-state index contributed by atoms with van der Waals surface area (Å²) < 4.78 is 0. The molecule has 0 saturated carbocycles. The Morgan fingerprint density at radius 3 is 2.89 bits per heavy atom. The summed E-state index contributed by atoms with van der Waals surface area (Å²) in [6.45, 7) is 2.79.